The van der Waals surface area contributed by atoms with Gasteiger partial charge in [-0.1, -0.05) is 36.2 Å². The van der Waals surface area contributed by atoms with Gasteiger partial charge in [0.05, 0.1) is 6.54 Å². The first kappa shape index (κ1) is 17.5. The maximum absolute atomic E-state index is 12.6. The summed E-state index contributed by atoms with van der Waals surface area (Å²) >= 11 is 0. The molecule has 1 N–H and O–H groups in total. The highest BCUT2D eigenvalue weighted by Crippen LogP contribution is 2.14. The number of aryl methyl sites for hydroxylation is 2. The van der Waals surface area contributed by atoms with Crippen molar-refractivity contribution >= 4 is 6.03 Å². The molecule has 0 spiro atoms. The van der Waals surface area contributed by atoms with E-state index in [1.807, 2.05) is 17.9 Å². The number of rotatable bonds is 5. The molecule has 0 atom stereocenters. The van der Waals surface area contributed by atoms with Gasteiger partial charge in [-0.15, -0.1) is 10.2 Å². The van der Waals surface area contributed by atoms with Crippen LogP contribution in [0.15, 0.2) is 24.3 Å². The van der Waals surface area contributed by atoms with Crippen molar-refractivity contribution in [3.05, 3.63) is 47.0 Å². The molecule has 0 fully saturated rings. The Hall–Kier alpha value is -2.37. The average Bonchev–Trinajstić information content (AvgIpc) is 2.84. The molecule has 0 bridgehead atoms. The SMILES string of the molecule is CCN(Cc1cccc(C)c1)C(=O)NCc1nnc2n1CCCCC2. The van der Waals surface area contributed by atoms with Crippen molar-refractivity contribution in [1.29, 1.82) is 0 Å². The fraction of sp³-hybridized carbons (Fsp3) is 0.526. The van der Waals surface area contributed by atoms with Crippen molar-refractivity contribution in [1.82, 2.24) is 25.0 Å². The van der Waals surface area contributed by atoms with Crippen LogP contribution in [0.4, 0.5) is 4.79 Å². The van der Waals surface area contributed by atoms with Gasteiger partial charge in [0.2, 0.25) is 0 Å². The second-order valence-corrected chi connectivity index (χ2v) is 6.66. The van der Waals surface area contributed by atoms with Crippen LogP contribution in [0.1, 0.15) is 49.0 Å². The zero-order valence-corrected chi connectivity index (χ0v) is 15.2. The Morgan fingerprint density at radius 3 is 2.96 bits per heavy atom. The number of amides is 2. The predicted molar refractivity (Wildman–Crippen MR) is 97.1 cm³/mol. The molecule has 0 unspecified atom stereocenters. The van der Waals surface area contributed by atoms with Gasteiger partial charge in [0, 0.05) is 26.1 Å². The topological polar surface area (TPSA) is 63.1 Å². The lowest BCUT2D eigenvalue weighted by Crippen LogP contribution is -2.39. The summed E-state index contributed by atoms with van der Waals surface area (Å²) in [5, 5.41) is 11.6. The minimum Gasteiger partial charge on any atom is -0.331 e. The number of fused-ring (bicyclic) bond motifs is 1. The van der Waals surface area contributed by atoms with E-state index in [1.54, 1.807) is 0 Å². The van der Waals surface area contributed by atoms with Crippen LogP contribution in [0.2, 0.25) is 0 Å². The number of hydrogen-bond acceptors (Lipinski definition) is 3. The summed E-state index contributed by atoms with van der Waals surface area (Å²) in [7, 11) is 0. The third-order valence-corrected chi connectivity index (χ3v) is 4.71. The largest absolute Gasteiger partial charge is 0.331 e. The average molecular weight is 341 g/mol. The van der Waals surface area contributed by atoms with E-state index in [2.05, 4.69) is 45.2 Å². The minimum absolute atomic E-state index is 0.0602. The summed E-state index contributed by atoms with van der Waals surface area (Å²) in [6.45, 7) is 6.72. The Morgan fingerprint density at radius 2 is 2.16 bits per heavy atom. The van der Waals surface area contributed by atoms with Crippen LogP contribution in [-0.2, 0) is 26.1 Å². The number of carbonyl (C=O) groups excluding carboxylic acids is 1. The van der Waals surface area contributed by atoms with Gasteiger partial charge < -0.3 is 14.8 Å². The lowest BCUT2D eigenvalue weighted by atomic mass is 10.1. The van der Waals surface area contributed by atoms with E-state index >= 15 is 0 Å². The summed E-state index contributed by atoms with van der Waals surface area (Å²) in [5.41, 5.74) is 2.36. The summed E-state index contributed by atoms with van der Waals surface area (Å²) in [6.07, 6.45) is 4.54. The third kappa shape index (κ3) is 4.38. The highest BCUT2D eigenvalue weighted by Gasteiger charge is 2.17. The van der Waals surface area contributed by atoms with Crippen LogP contribution in [0.25, 0.3) is 0 Å². The van der Waals surface area contributed by atoms with Crippen molar-refractivity contribution < 1.29 is 4.79 Å². The Bertz CT molecular complexity index is 724. The van der Waals surface area contributed by atoms with Crippen molar-refractivity contribution in [3.8, 4) is 0 Å². The van der Waals surface area contributed by atoms with Gasteiger partial charge in [0.25, 0.3) is 0 Å². The summed E-state index contributed by atoms with van der Waals surface area (Å²) in [6, 6.07) is 8.21. The Balaban J connectivity index is 1.60. The number of urea groups is 1. The lowest BCUT2D eigenvalue weighted by molar-refractivity contribution is 0.197. The fourth-order valence-corrected chi connectivity index (χ4v) is 3.30. The Kier molecular flexibility index (Phi) is 5.68. The summed E-state index contributed by atoms with van der Waals surface area (Å²) < 4.78 is 2.17. The van der Waals surface area contributed by atoms with Gasteiger partial charge in [0.1, 0.15) is 5.82 Å². The van der Waals surface area contributed by atoms with E-state index in [9.17, 15) is 4.79 Å². The van der Waals surface area contributed by atoms with E-state index in [1.165, 1.54) is 18.4 Å². The van der Waals surface area contributed by atoms with E-state index < -0.39 is 0 Å². The first-order valence-electron chi connectivity index (χ1n) is 9.16. The van der Waals surface area contributed by atoms with Crippen LogP contribution in [0.5, 0.6) is 0 Å². The zero-order chi connectivity index (χ0) is 17.6. The Morgan fingerprint density at radius 1 is 1.28 bits per heavy atom. The van der Waals surface area contributed by atoms with Gasteiger partial charge >= 0.3 is 6.03 Å². The molecule has 1 aliphatic heterocycles. The molecule has 1 aliphatic rings. The number of aromatic nitrogens is 3. The van der Waals surface area contributed by atoms with Crippen molar-refractivity contribution in [2.24, 2.45) is 0 Å². The van der Waals surface area contributed by atoms with E-state index in [-0.39, 0.29) is 6.03 Å². The number of nitrogens with one attached hydrogen (secondary N) is 1. The molecule has 2 amide bonds. The molecule has 0 radical (unpaired) electrons. The Labute approximate surface area is 149 Å². The van der Waals surface area contributed by atoms with Crippen LogP contribution < -0.4 is 5.32 Å². The molecule has 2 aromatic rings. The van der Waals surface area contributed by atoms with Gasteiger partial charge in [0.15, 0.2) is 5.82 Å². The number of carbonyl (C=O) groups is 1. The number of hydrogen-bond donors (Lipinski definition) is 1. The molecular formula is C19H27N5O. The molecule has 1 aromatic carbocycles. The quantitative estimate of drug-likeness (QED) is 0.909. The smallest absolute Gasteiger partial charge is 0.318 e. The monoisotopic (exact) mass is 341 g/mol. The predicted octanol–water partition coefficient (Wildman–Crippen LogP) is 3.04. The molecule has 0 saturated heterocycles. The molecule has 6 heteroatoms. The van der Waals surface area contributed by atoms with Crippen LogP contribution in [-0.4, -0.2) is 32.2 Å². The lowest BCUT2D eigenvalue weighted by Gasteiger charge is -2.21. The summed E-state index contributed by atoms with van der Waals surface area (Å²) in [5.74, 6) is 1.91. The van der Waals surface area contributed by atoms with Gasteiger partial charge in [-0.2, -0.15) is 0 Å². The molecule has 0 saturated carbocycles. The van der Waals surface area contributed by atoms with Crippen molar-refractivity contribution in [3.63, 3.8) is 0 Å². The van der Waals surface area contributed by atoms with E-state index in [4.69, 9.17) is 0 Å². The second kappa shape index (κ2) is 8.14. The summed E-state index contributed by atoms with van der Waals surface area (Å²) in [4.78, 5) is 14.4. The molecular weight excluding hydrogens is 314 g/mol. The van der Waals surface area contributed by atoms with Crippen molar-refractivity contribution in [2.45, 2.75) is 59.2 Å². The highest BCUT2D eigenvalue weighted by atomic mass is 16.2. The molecule has 2 heterocycles. The first-order valence-corrected chi connectivity index (χ1v) is 9.16. The normalized spacial score (nSPS) is 13.8. The molecule has 1 aromatic heterocycles. The number of nitrogens with zero attached hydrogens (tertiary/aromatic N) is 4. The number of benzene rings is 1. The van der Waals surface area contributed by atoms with Crippen molar-refractivity contribution in [2.75, 3.05) is 6.54 Å². The zero-order valence-electron chi connectivity index (χ0n) is 15.2. The molecule has 25 heavy (non-hydrogen) atoms. The third-order valence-electron chi connectivity index (χ3n) is 4.71. The van der Waals surface area contributed by atoms with Gasteiger partial charge in [-0.25, -0.2) is 4.79 Å². The van der Waals surface area contributed by atoms with Gasteiger partial charge in [-0.05, 0) is 32.3 Å². The van der Waals surface area contributed by atoms with Crippen LogP contribution >= 0.6 is 0 Å². The second-order valence-electron chi connectivity index (χ2n) is 6.66. The highest BCUT2D eigenvalue weighted by molar-refractivity contribution is 5.74. The van der Waals surface area contributed by atoms with E-state index in [0.717, 1.165) is 36.6 Å². The van der Waals surface area contributed by atoms with Crippen LogP contribution in [0.3, 0.4) is 0 Å². The molecule has 134 valence electrons. The molecule has 3 rings (SSSR count). The standard InChI is InChI=1S/C19H27N5O/c1-3-23(14-16-9-7-8-15(2)12-16)19(25)20-13-18-22-21-17-10-5-4-6-11-24(17)18/h7-9,12H,3-6,10-11,13-14H2,1-2H3,(H,20,25). The van der Waals surface area contributed by atoms with E-state index in [0.29, 0.717) is 19.6 Å². The van der Waals surface area contributed by atoms with Gasteiger partial charge in [-0.3, -0.25) is 0 Å². The maximum Gasteiger partial charge on any atom is 0.318 e. The fourth-order valence-electron chi connectivity index (χ4n) is 3.30. The maximum atomic E-state index is 12.6. The minimum atomic E-state index is -0.0602. The first-order chi connectivity index (χ1) is 12.2. The molecule has 0 aliphatic carbocycles. The molecule has 6 nitrogen and oxygen atoms in total. The van der Waals surface area contributed by atoms with Crippen LogP contribution in [0, 0.1) is 6.92 Å².